The number of benzene rings is 2. The number of likely N-dealkylation sites (tertiary alicyclic amines) is 1. The van der Waals surface area contributed by atoms with Crippen molar-refractivity contribution in [3.05, 3.63) is 48.0 Å². The lowest BCUT2D eigenvalue weighted by atomic mass is 9.85. The topological polar surface area (TPSA) is 41.6 Å². The molecule has 31 heavy (non-hydrogen) atoms. The zero-order chi connectivity index (χ0) is 21.4. The summed E-state index contributed by atoms with van der Waals surface area (Å²) < 4.78 is 5.76. The lowest BCUT2D eigenvalue weighted by Gasteiger charge is -2.40. The molecule has 0 aromatic heterocycles. The molecule has 0 spiro atoms. The smallest absolute Gasteiger partial charge is 0.221 e. The van der Waals surface area contributed by atoms with Gasteiger partial charge < -0.3 is 15.0 Å². The van der Waals surface area contributed by atoms with Gasteiger partial charge in [0.25, 0.3) is 0 Å². The van der Waals surface area contributed by atoms with Crippen molar-refractivity contribution < 1.29 is 9.53 Å². The minimum Gasteiger partial charge on any atom is -0.496 e. The molecule has 3 fully saturated rings. The van der Waals surface area contributed by atoms with Crippen molar-refractivity contribution in [2.75, 3.05) is 25.5 Å². The van der Waals surface area contributed by atoms with E-state index < -0.39 is 0 Å². The molecule has 1 saturated heterocycles. The van der Waals surface area contributed by atoms with Crippen molar-refractivity contribution in [2.45, 2.75) is 57.4 Å². The molecule has 2 aromatic rings. The fourth-order valence-electron chi connectivity index (χ4n) is 6.38. The summed E-state index contributed by atoms with van der Waals surface area (Å²) in [5.74, 6) is 3.51. The van der Waals surface area contributed by atoms with Crippen LogP contribution < -0.4 is 10.1 Å². The first kappa shape index (κ1) is 20.6. The van der Waals surface area contributed by atoms with E-state index in [1.807, 2.05) is 12.1 Å². The molecule has 4 heteroatoms. The second-order valence-electron chi connectivity index (χ2n) is 9.77. The van der Waals surface area contributed by atoms with Crippen molar-refractivity contribution in [3.8, 4) is 16.9 Å². The molecule has 2 saturated carbocycles. The van der Waals surface area contributed by atoms with E-state index in [0.717, 1.165) is 34.9 Å². The Labute approximate surface area is 186 Å². The van der Waals surface area contributed by atoms with E-state index in [-0.39, 0.29) is 5.91 Å². The van der Waals surface area contributed by atoms with Crippen LogP contribution in [-0.2, 0) is 4.79 Å². The Morgan fingerprint density at radius 2 is 1.71 bits per heavy atom. The predicted molar refractivity (Wildman–Crippen MR) is 126 cm³/mol. The summed E-state index contributed by atoms with van der Waals surface area (Å²) in [6.07, 6.45) is 8.31. The number of carbonyl (C=O) groups excluding carboxylic acids is 1. The van der Waals surface area contributed by atoms with Gasteiger partial charge >= 0.3 is 0 Å². The van der Waals surface area contributed by atoms with Gasteiger partial charge in [-0.15, -0.1) is 0 Å². The Kier molecular flexibility index (Phi) is 5.75. The molecule has 1 heterocycles. The Balaban J connectivity index is 1.30. The van der Waals surface area contributed by atoms with Gasteiger partial charge in [-0.1, -0.05) is 24.6 Å². The molecule has 3 atom stereocenters. The van der Waals surface area contributed by atoms with Crippen LogP contribution in [0.1, 0.15) is 56.9 Å². The average Bonchev–Trinajstić information content (AvgIpc) is 3.43. The fourth-order valence-corrected chi connectivity index (χ4v) is 6.38. The maximum Gasteiger partial charge on any atom is 0.221 e. The van der Waals surface area contributed by atoms with Gasteiger partial charge in [0.2, 0.25) is 5.91 Å². The van der Waals surface area contributed by atoms with Crippen LogP contribution in [0.3, 0.4) is 0 Å². The van der Waals surface area contributed by atoms with E-state index in [9.17, 15) is 4.79 Å². The molecule has 2 bridgehead atoms. The highest BCUT2D eigenvalue weighted by molar-refractivity contribution is 5.89. The van der Waals surface area contributed by atoms with Crippen LogP contribution >= 0.6 is 0 Å². The van der Waals surface area contributed by atoms with Crippen molar-refractivity contribution in [3.63, 3.8) is 0 Å². The van der Waals surface area contributed by atoms with Crippen LogP contribution in [0.5, 0.6) is 5.75 Å². The number of amides is 1. The molecule has 1 amide bonds. The first-order valence-corrected chi connectivity index (χ1v) is 11.9. The number of hydrogen-bond acceptors (Lipinski definition) is 3. The number of methoxy groups -OCH3 is 1. The Morgan fingerprint density at radius 1 is 0.968 bits per heavy atom. The lowest BCUT2D eigenvalue weighted by molar-refractivity contribution is -0.114. The van der Waals surface area contributed by atoms with Crippen molar-refractivity contribution in [1.82, 2.24) is 4.90 Å². The van der Waals surface area contributed by atoms with E-state index >= 15 is 0 Å². The Morgan fingerprint density at radius 3 is 2.32 bits per heavy atom. The van der Waals surface area contributed by atoms with Crippen LogP contribution in [0.25, 0.3) is 11.1 Å². The molecular formula is C27H34N2O2. The van der Waals surface area contributed by atoms with E-state index in [0.29, 0.717) is 5.92 Å². The van der Waals surface area contributed by atoms with Gasteiger partial charge in [0.1, 0.15) is 5.75 Å². The number of hydrogen-bond donors (Lipinski definition) is 1. The molecule has 1 N–H and O–H groups in total. The van der Waals surface area contributed by atoms with Gasteiger partial charge in [-0.3, -0.25) is 4.79 Å². The van der Waals surface area contributed by atoms with E-state index in [1.165, 1.54) is 69.7 Å². The predicted octanol–water partition coefficient (Wildman–Crippen LogP) is 5.69. The molecular weight excluding hydrogens is 384 g/mol. The summed E-state index contributed by atoms with van der Waals surface area (Å²) in [6, 6.07) is 15.5. The number of ether oxygens (including phenoxy) is 1. The number of rotatable bonds is 5. The molecule has 2 aliphatic carbocycles. The van der Waals surface area contributed by atoms with Gasteiger partial charge in [0.05, 0.1) is 7.11 Å². The lowest BCUT2D eigenvalue weighted by Crippen LogP contribution is -2.43. The Hall–Kier alpha value is -2.33. The second-order valence-corrected chi connectivity index (χ2v) is 9.77. The average molecular weight is 419 g/mol. The van der Waals surface area contributed by atoms with Gasteiger partial charge in [-0.25, -0.2) is 0 Å². The van der Waals surface area contributed by atoms with Crippen LogP contribution in [0, 0.1) is 11.8 Å². The number of carbonyl (C=O) groups is 1. The maximum atomic E-state index is 11.3. The number of nitrogens with one attached hydrogen (secondary N) is 1. The third kappa shape index (κ3) is 4.23. The summed E-state index contributed by atoms with van der Waals surface area (Å²) in [6.45, 7) is 3.97. The van der Waals surface area contributed by atoms with Crippen molar-refractivity contribution in [2.24, 2.45) is 11.8 Å². The zero-order valence-corrected chi connectivity index (χ0v) is 18.8. The fraction of sp³-hybridized carbons (Fsp3) is 0.519. The quantitative estimate of drug-likeness (QED) is 0.678. The third-order valence-electron chi connectivity index (χ3n) is 7.91. The number of anilines is 1. The molecule has 164 valence electrons. The van der Waals surface area contributed by atoms with E-state index in [4.69, 9.17) is 4.74 Å². The third-order valence-corrected chi connectivity index (χ3v) is 7.91. The second kappa shape index (κ2) is 8.66. The van der Waals surface area contributed by atoms with Crippen LogP contribution in [0.2, 0.25) is 0 Å². The van der Waals surface area contributed by atoms with Gasteiger partial charge in [0, 0.05) is 18.7 Å². The molecule has 5 rings (SSSR count). The molecule has 1 aliphatic heterocycles. The zero-order valence-electron chi connectivity index (χ0n) is 18.8. The number of nitrogens with zero attached hydrogens (tertiary/aromatic N) is 1. The first-order valence-electron chi connectivity index (χ1n) is 11.9. The van der Waals surface area contributed by atoms with Gasteiger partial charge in [0.15, 0.2) is 0 Å². The highest BCUT2D eigenvalue weighted by atomic mass is 16.5. The SMILES string of the molecule is COc1ccc(-c2ccc(NC(C)=O)cc2)cc1C1CCN([C@H]2C[C@H]3CCC2C3)CC1. The van der Waals surface area contributed by atoms with Crippen LogP contribution in [-0.4, -0.2) is 37.0 Å². The molecule has 4 nitrogen and oxygen atoms in total. The summed E-state index contributed by atoms with van der Waals surface area (Å²) in [5, 5.41) is 2.84. The van der Waals surface area contributed by atoms with Crippen molar-refractivity contribution in [1.29, 1.82) is 0 Å². The van der Waals surface area contributed by atoms with Gasteiger partial charge in [-0.2, -0.15) is 0 Å². The largest absolute Gasteiger partial charge is 0.496 e. The standard InChI is InChI=1S/C27H34N2O2/c1-18(30)28-24-8-5-20(6-9-24)22-7-10-27(31-2)25(17-22)21-11-13-29(14-12-21)26-16-19-3-4-23(26)15-19/h5-10,17,19,21,23,26H,3-4,11-16H2,1-2H3,(H,28,30)/t19-,23?,26-/m0/s1. The highest BCUT2D eigenvalue weighted by Gasteiger charge is 2.43. The minimum absolute atomic E-state index is 0.0451. The molecule has 3 aliphatic rings. The normalized spacial score (nSPS) is 26.2. The monoisotopic (exact) mass is 418 g/mol. The van der Waals surface area contributed by atoms with Crippen molar-refractivity contribution >= 4 is 11.6 Å². The van der Waals surface area contributed by atoms with Gasteiger partial charge in [-0.05, 0) is 104 Å². The first-order chi connectivity index (χ1) is 15.1. The number of piperidine rings is 1. The number of fused-ring (bicyclic) bond motifs is 2. The molecule has 0 radical (unpaired) electrons. The van der Waals surface area contributed by atoms with E-state index in [2.05, 4.69) is 40.5 Å². The maximum absolute atomic E-state index is 11.3. The summed E-state index contributed by atoms with van der Waals surface area (Å²) in [4.78, 5) is 14.1. The van der Waals surface area contributed by atoms with Crippen LogP contribution in [0.15, 0.2) is 42.5 Å². The highest BCUT2D eigenvalue weighted by Crippen LogP contribution is 2.48. The minimum atomic E-state index is -0.0451. The summed E-state index contributed by atoms with van der Waals surface area (Å²) >= 11 is 0. The van der Waals surface area contributed by atoms with E-state index in [1.54, 1.807) is 7.11 Å². The summed E-state index contributed by atoms with van der Waals surface area (Å²) in [7, 11) is 1.78. The van der Waals surface area contributed by atoms with Crippen LogP contribution in [0.4, 0.5) is 5.69 Å². The Bertz CT molecular complexity index is 931. The molecule has 2 aromatic carbocycles. The molecule has 1 unspecified atom stereocenters. The summed E-state index contributed by atoms with van der Waals surface area (Å²) in [5.41, 5.74) is 4.55.